The topological polar surface area (TPSA) is 74.6 Å². The Kier molecular flexibility index (Phi) is 3.89. The van der Waals surface area contributed by atoms with Gasteiger partial charge in [0.25, 0.3) is 0 Å². The summed E-state index contributed by atoms with van der Waals surface area (Å²) in [5.41, 5.74) is 1.24. The molecule has 1 aromatic carbocycles. The number of carboxylic acid groups (broad SMARTS) is 2. The van der Waals surface area contributed by atoms with E-state index in [4.69, 9.17) is 10.2 Å². The molecule has 2 N–H and O–H groups in total. The summed E-state index contributed by atoms with van der Waals surface area (Å²) >= 11 is 0. The highest BCUT2D eigenvalue weighted by Gasteiger charge is 2.19. The van der Waals surface area contributed by atoms with Crippen LogP contribution >= 0.6 is 0 Å². The maximum absolute atomic E-state index is 11.1. The molecule has 0 bridgehead atoms. The lowest BCUT2D eigenvalue weighted by Gasteiger charge is -2.13. The normalized spacial score (nSPS) is 10.6. The zero-order valence-corrected chi connectivity index (χ0v) is 10.2. The number of hydrogen-bond acceptors (Lipinski definition) is 2. The van der Waals surface area contributed by atoms with Crippen molar-refractivity contribution in [2.45, 2.75) is 27.2 Å². The lowest BCUT2D eigenvalue weighted by atomic mass is 9.91. The van der Waals surface area contributed by atoms with E-state index in [0.29, 0.717) is 17.5 Å². The van der Waals surface area contributed by atoms with Gasteiger partial charge in [0, 0.05) is 0 Å². The van der Waals surface area contributed by atoms with E-state index in [1.807, 2.05) is 13.8 Å². The quantitative estimate of drug-likeness (QED) is 0.842. The van der Waals surface area contributed by atoms with Gasteiger partial charge in [-0.25, -0.2) is 9.59 Å². The molecule has 0 amide bonds. The van der Waals surface area contributed by atoms with Crippen LogP contribution in [-0.2, 0) is 6.42 Å². The zero-order valence-electron chi connectivity index (χ0n) is 10.2. The molecule has 0 radical (unpaired) electrons. The Bertz CT molecular complexity index is 425. The van der Waals surface area contributed by atoms with E-state index in [1.54, 1.807) is 6.92 Å². The van der Waals surface area contributed by atoms with E-state index in [1.165, 1.54) is 12.1 Å². The first-order chi connectivity index (χ1) is 7.82. The monoisotopic (exact) mass is 236 g/mol. The number of aryl methyl sites for hydroxylation is 1. The Labute approximate surface area is 99.9 Å². The van der Waals surface area contributed by atoms with Gasteiger partial charge in [-0.3, -0.25) is 0 Å². The van der Waals surface area contributed by atoms with Crippen molar-refractivity contribution in [3.8, 4) is 0 Å². The van der Waals surface area contributed by atoms with Crippen LogP contribution in [0.25, 0.3) is 0 Å². The van der Waals surface area contributed by atoms with Crippen molar-refractivity contribution in [3.05, 3.63) is 34.4 Å². The molecular weight excluding hydrogens is 220 g/mol. The van der Waals surface area contributed by atoms with Crippen molar-refractivity contribution >= 4 is 11.9 Å². The number of aromatic carboxylic acids is 2. The minimum Gasteiger partial charge on any atom is -0.478 e. The Morgan fingerprint density at radius 2 is 1.53 bits per heavy atom. The van der Waals surface area contributed by atoms with Gasteiger partial charge in [0.05, 0.1) is 11.1 Å². The van der Waals surface area contributed by atoms with Gasteiger partial charge >= 0.3 is 11.9 Å². The fourth-order valence-electron chi connectivity index (χ4n) is 1.83. The standard InChI is InChI=1S/C13H16O4/c1-7(2)4-9-10(12(14)15)5-8(3)6-11(9)13(16)17/h5-7H,4H2,1-3H3,(H,14,15)(H,16,17). The predicted octanol–water partition coefficient (Wildman–Crippen LogP) is 2.59. The molecule has 0 heterocycles. The molecule has 0 unspecified atom stereocenters. The molecule has 0 aliphatic heterocycles. The number of benzene rings is 1. The SMILES string of the molecule is Cc1cc(C(=O)O)c(CC(C)C)c(C(=O)O)c1. The molecule has 0 aromatic heterocycles. The molecule has 0 fully saturated rings. The molecule has 0 aliphatic carbocycles. The molecule has 0 atom stereocenters. The second-order valence-electron chi connectivity index (χ2n) is 4.55. The third kappa shape index (κ3) is 3.06. The van der Waals surface area contributed by atoms with Crippen molar-refractivity contribution in [1.82, 2.24) is 0 Å². The fraction of sp³-hybridized carbons (Fsp3) is 0.385. The molecule has 1 rings (SSSR count). The van der Waals surface area contributed by atoms with E-state index >= 15 is 0 Å². The molecule has 92 valence electrons. The van der Waals surface area contributed by atoms with Gasteiger partial charge in [0.2, 0.25) is 0 Å². The third-order valence-electron chi connectivity index (χ3n) is 2.47. The highest BCUT2D eigenvalue weighted by molar-refractivity contribution is 5.97. The van der Waals surface area contributed by atoms with Gasteiger partial charge in [-0.1, -0.05) is 13.8 Å². The first kappa shape index (κ1) is 13.2. The smallest absolute Gasteiger partial charge is 0.335 e. The van der Waals surface area contributed by atoms with Gasteiger partial charge < -0.3 is 10.2 Å². The van der Waals surface area contributed by atoms with Crippen LogP contribution < -0.4 is 0 Å². The van der Waals surface area contributed by atoms with Crippen LogP contribution in [0.4, 0.5) is 0 Å². The molecule has 4 nitrogen and oxygen atoms in total. The summed E-state index contributed by atoms with van der Waals surface area (Å²) in [6.07, 6.45) is 0.448. The van der Waals surface area contributed by atoms with Crippen LogP contribution in [0.1, 0.15) is 45.7 Å². The van der Waals surface area contributed by atoms with Crippen LogP contribution in [0.3, 0.4) is 0 Å². The van der Waals surface area contributed by atoms with Gasteiger partial charge in [-0.05, 0) is 42.5 Å². The molecule has 4 heteroatoms. The van der Waals surface area contributed by atoms with Gasteiger partial charge in [0.15, 0.2) is 0 Å². The Morgan fingerprint density at radius 1 is 1.12 bits per heavy atom. The summed E-state index contributed by atoms with van der Waals surface area (Å²) in [6, 6.07) is 3.04. The van der Waals surface area contributed by atoms with Gasteiger partial charge in [-0.2, -0.15) is 0 Å². The summed E-state index contributed by atoms with van der Waals surface area (Å²) in [7, 11) is 0. The first-order valence-corrected chi connectivity index (χ1v) is 5.43. The highest BCUT2D eigenvalue weighted by atomic mass is 16.4. The van der Waals surface area contributed by atoms with Gasteiger partial charge in [-0.15, -0.1) is 0 Å². The second-order valence-corrected chi connectivity index (χ2v) is 4.55. The maximum Gasteiger partial charge on any atom is 0.335 e. The van der Waals surface area contributed by atoms with E-state index < -0.39 is 11.9 Å². The lowest BCUT2D eigenvalue weighted by Crippen LogP contribution is -2.12. The van der Waals surface area contributed by atoms with Crippen molar-refractivity contribution in [2.75, 3.05) is 0 Å². The molecule has 1 aromatic rings. The Hall–Kier alpha value is -1.84. The van der Waals surface area contributed by atoms with E-state index in [9.17, 15) is 9.59 Å². The van der Waals surface area contributed by atoms with Crippen LogP contribution in [0.15, 0.2) is 12.1 Å². The predicted molar refractivity (Wildman–Crippen MR) is 63.6 cm³/mol. The van der Waals surface area contributed by atoms with Crippen LogP contribution in [0, 0.1) is 12.8 Å². The average Bonchev–Trinajstić information content (AvgIpc) is 2.18. The maximum atomic E-state index is 11.1. The highest BCUT2D eigenvalue weighted by Crippen LogP contribution is 2.21. The van der Waals surface area contributed by atoms with Crippen molar-refractivity contribution < 1.29 is 19.8 Å². The van der Waals surface area contributed by atoms with Crippen molar-refractivity contribution in [2.24, 2.45) is 5.92 Å². The lowest BCUT2D eigenvalue weighted by molar-refractivity contribution is 0.0695. The zero-order chi connectivity index (χ0) is 13.2. The van der Waals surface area contributed by atoms with Gasteiger partial charge in [0.1, 0.15) is 0 Å². The Balaban J connectivity index is 3.47. The number of hydrogen-bond donors (Lipinski definition) is 2. The molecule has 0 spiro atoms. The number of carbonyl (C=O) groups is 2. The molecule has 17 heavy (non-hydrogen) atoms. The fourth-order valence-corrected chi connectivity index (χ4v) is 1.83. The number of rotatable bonds is 4. The average molecular weight is 236 g/mol. The minimum absolute atomic E-state index is 0.0936. The molecule has 0 aliphatic rings. The second kappa shape index (κ2) is 4.99. The summed E-state index contributed by atoms with van der Waals surface area (Å²) < 4.78 is 0. The van der Waals surface area contributed by atoms with Crippen LogP contribution in [0.2, 0.25) is 0 Å². The van der Waals surface area contributed by atoms with Crippen LogP contribution in [-0.4, -0.2) is 22.2 Å². The van der Waals surface area contributed by atoms with E-state index in [0.717, 1.165) is 0 Å². The molecule has 0 saturated heterocycles. The number of carboxylic acids is 2. The van der Waals surface area contributed by atoms with E-state index in [2.05, 4.69) is 0 Å². The minimum atomic E-state index is -1.08. The first-order valence-electron chi connectivity index (χ1n) is 5.43. The van der Waals surface area contributed by atoms with Crippen molar-refractivity contribution in [1.29, 1.82) is 0 Å². The largest absolute Gasteiger partial charge is 0.478 e. The summed E-state index contributed by atoms with van der Waals surface area (Å²) in [5.74, 6) is -1.95. The molecular formula is C13H16O4. The molecule has 0 saturated carbocycles. The third-order valence-corrected chi connectivity index (χ3v) is 2.47. The summed E-state index contributed by atoms with van der Waals surface area (Å²) in [6.45, 7) is 5.55. The summed E-state index contributed by atoms with van der Waals surface area (Å²) in [4.78, 5) is 22.3. The Morgan fingerprint density at radius 3 is 1.82 bits per heavy atom. The van der Waals surface area contributed by atoms with Crippen LogP contribution in [0.5, 0.6) is 0 Å². The summed E-state index contributed by atoms with van der Waals surface area (Å²) in [5, 5.41) is 18.2. The van der Waals surface area contributed by atoms with E-state index in [-0.39, 0.29) is 17.0 Å². The van der Waals surface area contributed by atoms with Crippen molar-refractivity contribution in [3.63, 3.8) is 0 Å².